The molecule has 0 spiro atoms. The Labute approximate surface area is 94.4 Å². The van der Waals surface area contributed by atoms with Crippen LogP contribution in [0.3, 0.4) is 0 Å². The molecule has 0 unspecified atom stereocenters. The van der Waals surface area contributed by atoms with E-state index in [1.165, 1.54) is 11.3 Å². The Balaban J connectivity index is 2.46. The minimum atomic E-state index is -1.54. The van der Waals surface area contributed by atoms with Crippen LogP contribution in [0.25, 0.3) is 0 Å². The summed E-state index contributed by atoms with van der Waals surface area (Å²) in [5.41, 5.74) is 0. The number of carboxylic acid groups (broad SMARTS) is 1. The molecule has 1 rings (SSSR count). The van der Waals surface area contributed by atoms with Crippen molar-refractivity contribution in [3.05, 3.63) is 0 Å². The van der Waals surface area contributed by atoms with Gasteiger partial charge in [-0.3, -0.25) is 9.59 Å². The Morgan fingerprint density at radius 1 is 1.19 bits per heavy atom. The minimum absolute atomic E-state index is 0.169. The number of ketones is 1. The summed E-state index contributed by atoms with van der Waals surface area (Å²) >= 11 is 0. The van der Waals surface area contributed by atoms with Crippen molar-refractivity contribution in [3.63, 3.8) is 0 Å². The Kier molecular flexibility index (Phi) is 4.46. The molecule has 0 atom stereocenters. The van der Waals surface area contributed by atoms with Gasteiger partial charge in [-0.25, -0.2) is 4.79 Å². The highest BCUT2D eigenvalue weighted by Gasteiger charge is 2.25. The molecule has 1 N–H and O–H groups in total. The van der Waals surface area contributed by atoms with Crippen molar-refractivity contribution in [1.82, 2.24) is 4.90 Å². The lowest BCUT2D eigenvalue weighted by molar-refractivity contribution is -0.151. The molecule has 0 aromatic rings. The molecule has 5 heteroatoms. The summed E-state index contributed by atoms with van der Waals surface area (Å²) < 4.78 is 0. The number of nitrogens with zero attached hydrogens (tertiary/aromatic N) is 1. The van der Waals surface area contributed by atoms with Crippen molar-refractivity contribution in [3.8, 4) is 0 Å². The third kappa shape index (κ3) is 3.32. The lowest BCUT2D eigenvalue weighted by Crippen LogP contribution is -2.39. The van der Waals surface area contributed by atoms with Gasteiger partial charge in [-0.1, -0.05) is 19.3 Å². The number of carboxylic acids is 1. The fourth-order valence-corrected chi connectivity index (χ4v) is 2.01. The molecule has 5 nitrogen and oxygen atoms in total. The van der Waals surface area contributed by atoms with Gasteiger partial charge in [0.05, 0.1) is 6.42 Å². The molecule has 0 aliphatic heterocycles. The summed E-state index contributed by atoms with van der Waals surface area (Å²) in [5.74, 6) is -2.96. The van der Waals surface area contributed by atoms with E-state index in [2.05, 4.69) is 0 Å². The van der Waals surface area contributed by atoms with Crippen molar-refractivity contribution in [1.29, 1.82) is 0 Å². The van der Waals surface area contributed by atoms with Gasteiger partial charge in [-0.05, 0) is 12.8 Å². The molecule has 0 saturated heterocycles. The molecule has 90 valence electrons. The highest BCUT2D eigenvalue weighted by molar-refractivity contribution is 6.36. The molecule has 1 aliphatic carbocycles. The lowest BCUT2D eigenvalue weighted by atomic mass is 9.94. The summed E-state index contributed by atoms with van der Waals surface area (Å²) in [6, 6.07) is 0.169. The molecular formula is C11H17NO4. The van der Waals surface area contributed by atoms with Gasteiger partial charge in [0.1, 0.15) is 0 Å². The molecule has 1 saturated carbocycles. The van der Waals surface area contributed by atoms with E-state index in [4.69, 9.17) is 5.11 Å². The van der Waals surface area contributed by atoms with Crippen LogP contribution in [0.2, 0.25) is 0 Å². The second kappa shape index (κ2) is 5.63. The van der Waals surface area contributed by atoms with Crippen LogP contribution in [-0.2, 0) is 14.4 Å². The van der Waals surface area contributed by atoms with E-state index in [1.54, 1.807) is 7.05 Å². The molecule has 1 aliphatic rings. The van der Waals surface area contributed by atoms with Crippen LogP contribution >= 0.6 is 0 Å². The van der Waals surface area contributed by atoms with Gasteiger partial charge >= 0.3 is 5.97 Å². The maximum atomic E-state index is 11.6. The average molecular weight is 227 g/mol. The van der Waals surface area contributed by atoms with E-state index in [0.29, 0.717) is 0 Å². The van der Waals surface area contributed by atoms with Crippen LogP contribution < -0.4 is 0 Å². The standard InChI is InChI=1S/C11H17NO4/c1-12(8-5-3-2-4-6-8)10(14)7-9(13)11(15)16/h8H,2-7H2,1H3,(H,15,16). The molecule has 16 heavy (non-hydrogen) atoms. The summed E-state index contributed by atoms with van der Waals surface area (Å²) in [4.78, 5) is 34.3. The van der Waals surface area contributed by atoms with E-state index in [0.717, 1.165) is 25.7 Å². The van der Waals surface area contributed by atoms with Crippen molar-refractivity contribution in [2.75, 3.05) is 7.05 Å². The highest BCUT2D eigenvalue weighted by atomic mass is 16.4. The second-order valence-corrected chi connectivity index (χ2v) is 4.20. The molecular weight excluding hydrogens is 210 g/mol. The van der Waals surface area contributed by atoms with E-state index >= 15 is 0 Å². The molecule has 0 heterocycles. The first-order valence-electron chi connectivity index (χ1n) is 5.54. The van der Waals surface area contributed by atoms with Gasteiger partial charge in [-0.15, -0.1) is 0 Å². The third-order valence-electron chi connectivity index (χ3n) is 3.07. The molecule has 0 aromatic heterocycles. The predicted molar refractivity (Wildman–Crippen MR) is 56.9 cm³/mol. The molecule has 1 amide bonds. The van der Waals surface area contributed by atoms with Crippen molar-refractivity contribution in [2.24, 2.45) is 0 Å². The van der Waals surface area contributed by atoms with Crippen LogP contribution in [0.4, 0.5) is 0 Å². The zero-order valence-corrected chi connectivity index (χ0v) is 9.44. The number of hydrogen-bond donors (Lipinski definition) is 1. The smallest absolute Gasteiger partial charge is 0.372 e. The van der Waals surface area contributed by atoms with Gasteiger partial charge < -0.3 is 10.0 Å². The van der Waals surface area contributed by atoms with Crippen LogP contribution in [0, 0.1) is 0 Å². The Morgan fingerprint density at radius 3 is 2.25 bits per heavy atom. The SMILES string of the molecule is CN(C(=O)CC(=O)C(=O)O)C1CCCCC1. The lowest BCUT2D eigenvalue weighted by Gasteiger charge is -2.31. The predicted octanol–water partition coefficient (Wildman–Crippen LogP) is 0.821. The largest absolute Gasteiger partial charge is 0.475 e. The van der Waals surface area contributed by atoms with Gasteiger partial charge in [0, 0.05) is 13.1 Å². The molecule has 0 radical (unpaired) electrons. The monoisotopic (exact) mass is 227 g/mol. The number of hydrogen-bond acceptors (Lipinski definition) is 3. The minimum Gasteiger partial charge on any atom is -0.475 e. The van der Waals surface area contributed by atoms with Crippen LogP contribution in [0.1, 0.15) is 38.5 Å². The molecule has 0 bridgehead atoms. The third-order valence-corrected chi connectivity index (χ3v) is 3.07. The number of rotatable bonds is 4. The molecule has 0 aromatic carbocycles. The quantitative estimate of drug-likeness (QED) is 0.570. The zero-order valence-electron chi connectivity index (χ0n) is 9.44. The summed E-state index contributed by atoms with van der Waals surface area (Å²) in [7, 11) is 1.65. The first-order valence-corrected chi connectivity index (χ1v) is 5.54. The number of aliphatic carboxylic acids is 1. The van der Waals surface area contributed by atoms with Gasteiger partial charge in [0.2, 0.25) is 11.7 Å². The Bertz CT molecular complexity index is 294. The highest BCUT2D eigenvalue weighted by Crippen LogP contribution is 2.21. The summed E-state index contributed by atoms with van der Waals surface area (Å²) in [6.45, 7) is 0. The summed E-state index contributed by atoms with van der Waals surface area (Å²) in [5, 5.41) is 8.40. The van der Waals surface area contributed by atoms with Gasteiger partial charge in [-0.2, -0.15) is 0 Å². The van der Waals surface area contributed by atoms with Crippen molar-refractivity contribution < 1.29 is 19.5 Å². The fraction of sp³-hybridized carbons (Fsp3) is 0.727. The molecule has 1 fully saturated rings. The van der Waals surface area contributed by atoms with E-state index < -0.39 is 18.2 Å². The first kappa shape index (κ1) is 12.7. The van der Waals surface area contributed by atoms with Crippen molar-refractivity contribution >= 4 is 17.7 Å². The van der Waals surface area contributed by atoms with Crippen LogP contribution in [0.5, 0.6) is 0 Å². The fourth-order valence-electron chi connectivity index (χ4n) is 2.01. The second-order valence-electron chi connectivity index (χ2n) is 4.20. The number of carbonyl (C=O) groups is 3. The van der Waals surface area contributed by atoms with Gasteiger partial charge in [0.25, 0.3) is 0 Å². The van der Waals surface area contributed by atoms with E-state index in [-0.39, 0.29) is 11.9 Å². The Hall–Kier alpha value is -1.39. The maximum absolute atomic E-state index is 11.6. The van der Waals surface area contributed by atoms with Crippen LogP contribution in [-0.4, -0.2) is 40.8 Å². The van der Waals surface area contributed by atoms with E-state index in [9.17, 15) is 14.4 Å². The first-order chi connectivity index (χ1) is 7.52. The van der Waals surface area contributed by atoms with Crippen molar-refractivity contribution in [2.45, 2.75) is 44.6 Å². The number of amides is 1. The number of Topliss-reactive ketones (excluding diaryl/α,β-unsaturated/α-hetero) is 1. The van der Waals surface area contributed by atoms with Crippen LogP contribution in [0.15, 0.2) is 0 Å². The summed E-state index contributed by atoms with van der Waals surface area (Å²) in [6.07, 6.45) is 4.74. The maximum Gasteiger partial charge on any atom is 0.372 e. The van der Waals surface area contributed by atoms with Gasteiger partial charge in [0.15, 0.2) is 0 Å². The normalized spacial score (nSPS) is 16.8. The Morgan fingerprint density at radius 2 is 1.75 bits per heavy atom. The van der Waals surface area contributed by atoms with E-state index in [1.807, 2.05) is 0 Å². The average Bonchev–Trinajstić information content (AvgIpc) is 2.28. The topological polar surface area (TPSA) is 74.7 Å². The zero-order chi connectivity index (χ0) is 12.1. The number of carbonyl (C=O) groups excluding carboxylic acids is 2.